The maximum Gasteiger partial charge on any atom is 0.257 e. The average Bonchev–Trinajstić information content (AvgIpc) is 3.34. The monoisotopic (exact) mass is 382 g/mol. The van der Waals surface area contributed by atoms with Crippen molar-refractivity contribution in [1.82, 2.24) is 10.2 Å². The van der Waals surface area contributed by atoms with Crippen LogP contribution in [0.3, 0.4) is 0 Å². The van der Waals surface area contributed by atoms with Gasteiger partial charge in [0.15, 0.2) is 9.84 Å². The Morgan fingerprint density at radius 2 is 1.85 bits per heavy atom. The largest absolute Gasteiger partial charge is 0.472 e. The van der Waals surface area contributed by atoms with Gasteiger partial charge in [-0.3, -0.25) is 9.59 Å². The fourth-order valence-electron chi connectivity index (χ4n) is 3.74. The van der Waals surface area contributed by atoms with Crippen molar-refractivity contribution >= 4 is 21.7 Å². The van der Waals surface area contributed by atoms with Gasteiger partial charge in [-0.2, -0.15) is 0 Å². The second kappa shape index (κ2) is 8.24. The summed E-state index contributed by atoms with van der Waals surface area (Å²) in [6.45, 7) is 1.13. The van der Waals surface area contributed by atoms with E-state index in [1.54, 1.807) is 11.0 Å². The molecule has 1 aliphatic heterocycles. The number of amides is 2. The van der Waals surface area contributed by atoms with E-state index in [4.69, 9.17) is 4.42 Å². The summed E-state index contributed by atoms with van der Waals surface area (Å²) in [7, 11) is -3.16. The number of likely N-dealkylation sites (tertiary alicyclic amines) is 1. The van der Waals surface area contributed by atoms with E-state index < -0.39 is 9.84 Å². The Balaban J connectivity index is 1.40. The SMILES string of the molecule is O=C(CCS(=O)(=O)C1CCCC1)NC1CCN(C(=O)c2ccoc2)CC1. The van der Waals surface area contributed by atoms with E-state index in [0.29, 0.717) is 31.5 Å². The van der Waals surface area contributed by atoms with Crippen LogP contribution in [0.4, 0.5) is 0 Å². The molecule has 8 heteroatoms. The number of hydrogen-bond donors (Lipinski definition) is 1. The summed E-state index contributed by atoms with van der Waals surface area (Å²) in [5.41, 5.74) is 0.532. The number of carbonyl (C=O) groups is 2. The maximum atomic E-state index is 12.2. The van der Waals surface area contributed by atoms with Crippen molar-refractivity contribution in [2.75, 3.05) is 18.8 Å². The lowest BCUT2D eigenvalue weighted by molar-refractivity contribution is -0.121. The Labute approximate surface area is 154 Å². The van der Waals surface area contributed by atoms with Crippen LogP contribution >= 0.6 is 0 Å². The predicted octanol–water partition coefficient (Wildman–Crippen LogP) is 1.75. The molecule has 0 aromatic carbocycles. The third-order valence-electron chi connectivity index (χ3n) is 5.34. The van der Waals surface area contributed by atoms with Crippen molar-refractivity contribution in [2.24, 2.45) is 0 Å². The number of nitrogens with one attached hydrogen (secondary N) is 1. The highest BCUT2D eigenvalue weighted by molar-refractivity contribution is 7.92. The molecule has 0 spiro atoms. The Kier molecular flexibility index (Phi) is 6.01. The molecule has 0 atom stereocenters. The summed E-state index contributed by atoms with van der Waals surface area (Å²) in [5, 5.41) is 2.66. The molecule has 1 aliphatic carbocycles. The molecule has 0 radical (unpaired) electrons. The molecule has 2 amide bonds. The number of carbonyl (C=O) groups excluding carboxylic acids is 2. The topological polar surface area (TPSA) is 96.7 Å². The minimum absolute atomic E-state index is 0.00918. The summed E-state index contributed by atoms with van der Waals surface area (Å²) < 4.78 is 29.4. The van der Waals surface area contributed by atoms with Gasteiger partial charge >= 0.3 is 0 Å². The number of furan rings is 1. The number of piperidine rings is 1. The van der Waals surface area contributed by atoms with E-state index >= 15 is 0 Å². The lowest BCUT2D eigenvalue weighted by Gasteiger charge is -2.32. The number of nitrogens with zero attached hydrogens (tertiary/aromatic N) is 1. The van der Waals surface area contributed by atoms with Gasteiger partial charge in [0.25, 0.3) is 5.91 Å². The highest BCUT2D eigenvalue weighted by Gasteiger charge is 2.30. The minimum atomic E-state index is -3.16. The number of sulfone groups is 1. The van der Waals surface area contributed by atoms with Gasteiger partial charge in [-0.05, 0) is 31.7 Å². The molecule has 1 saturated heterocycles. The zero-order chi connectivity index (χ0) is 18.6. The first-order valence-corrected chi connectivity index (χ1v) is 11.0. The molecule has 2 aliphatic rings. The van der Waals surface area contributed by atoms with Crippen molar-refractivity contribution in [3.05, 3.63) is 24.2 Å². The summed E-state index contributed by atoms with van der Waals surface area (Å²) in [4.78, 5) is 26.1. The second-order valence-electron chi connectivity index (χ2n) is 7.17. The molecule has 144 valence electrons. The zero-order valence-corrected chi connectivity index (χ0v) is 15.7. The molecular weight excluding hydrogens is 356 g/mol. The minimum Gasteiger partial charge on any atom is -0.472 e. The molecule has 0 bridgehead atoms. The van der Waals surface area contributed by atoms with Crippen LogP contribution in [-0.4, -0.2) is 55.3 Å². The van der Waals surface area contributed by atoms with Crippen molar-refractivity contribution in [3.63, 3.8) is 0 Å². The summed E-state index contributed by atoms with van der Waals surface area (Å²) in [6, 6.07) is 1.63. The Bertz CT molecular complexity index is 715. The Morgan fingerprint density at radius 1 is 1.15 bits per heavy atom. The summed E-state index contributed by atoms with van der Waals surface area (Å²) in [5.74, 6) is -0.348. The molecule has 0 unspecified atom stereocenters. The lowest BCUT2D eigenvalue weighted by Crippen LogP contribution is -2.46. The van der Waals surface area contributed by atoms with Gasteiger partial charge in [-0.25, -0.2) is 8.42 Å². The van der Waals surface area contributed by atoms with Gasteiger partial charge in [0.05, 0.1) is 22.8 Å². The van der Waals surface area contributed by atoms with Crippen molar-refractivity contribution in [1.29, 1.82) is 0 Å². The molecule has 26 heavy (non-hydrogen) atoms. The average molecular weight is 382 g/mol. The predicted molar refractivity (Wildman–Crippen MR) is 96.4 cm³/mol. The van der Waals surface area contributed by atoms with E-state index in [2.05, 4.69) is 5.32 Å². The number of rotatable bonds is 6. The molecule has 1 aromatic heterocycles. The molecule has 1 saturated carbocycles. The van der Waals surface area contributed by atoms with Gasteiger partial charge in [0, 0.05) is 25.6 Å². The highest BCUT2D eigenvalue weighted by Crippen LogP contribution is 2.25. The first kappa shape index (κ1) is 18.9. The van der Waals surface area contributed by atoms with Crippen molar-refractivity contribution < 1.29 is 22.4 Å². The van der Waals surface area contributed by atoms with E-state index in [1.807, 2.05) is 0 Å². The molecule has 2 heterocycles. The summed E-state index contributed by atoms with van der Waals surface area (Å²) >= 11 is 0. The van der Waals surface area contributed by atoms with Crippen LogP contribution in [0.15, 0.2) is 23.0 Å². The maximum absolute atomic E-state index is 12.2. The Hall–Kier alpha value is -1.83. The smallest absolute Gasteiger partial charge is 0.257 e. The molecule has 1 aromatic rings. The van der Waals surface area contributed by atoms with Gasteiger partial charge in [0.1, 0.15) is 6.26 Å². The van der Waals surface area contributed by atoms with E-state index in [-0.39, 0.29) is 35.3 Å². The zero-order valence-electron chi connectivity index (χ0n) is 14.9. The van der Waals surface area contributed by atoms with E-state index in [0.717, 1.165) is 25.7 Å². The highest BCUT2D eigenvalue weighted by atomic mass is 32.2. The van der Waals surface area contributed by atoms with Crippen LogP contribution in [0.2, 0.25) is 0 Å². The van der Waals surface area contributed by atoms with Gasteiger partial charge < -0.3 is 14.6 Å². The first-order chi connectivity index (χ1) is 12.5. The van der Waals surface area contributed by atoms with Crippen LogP contribution < -0.4 is 5.32 Å². The van der Waals surface area contributed by atoms with Crippen LogP contribution in [0, 0.1) is 0 Å². The molecule has 3 rings (SSSR count). The summed E-state index contributed by atoms with van der Waals surface area (Å²) in [6.07, 6.45) is 7.65. The molecular formula is C18H26N2O5S. The van der Waals surface area contributed by atoms with Crippen LogP contribution in [0.25, 0.3) is 0 Å². The van der Waals surface area contributed by atoms with Gasteiger partial charge in [-0.1, -0.05) is 12.8 Å². The molecule has 7 nitrogen and oxygen atoms in total. The number of hydrogen-bond acceptors (Lipinski definition) is 5. The quantitative estimate of drug-likeness (QED) is 0.808. The standard InChI is InChI=1S/C18H26N2O5S/c21-17(8-12-26(23,24)16-3-1-2-4-16)19-15-5-9-20(10-6-15)18(22)14-7-11-25-13-14/h7,11,13,15-16H,1-6,8-10,12H2,(H,19,21). The van der Waals surface area contributed by atoms with Crippen molar-refractivity contribution in [2.45, 2.75) is 56.2 Å². The molecule has 2 fully saturated rings. The van der Waals surface area contributed by atoms with E-state index in [9.17, 15) is 18.0 Å². The fourth-order valence-corrected chi connectivity index (χ4v) is 5.60. The lowest BCUT2D eigenvalue weighted by atomic mass is 10.0. The van der Waals surface area contributed by atoms with Crippen LogP contribution in [-0.2, 0) is 14.6 Å². The van der Waals surface area contributed by atoms with E-state index in [1.165, 1.54) is 12.5 Å². The molecule has 1 N–H and O–H groups in total. The Morgan fingerprint density at radius 3 is 2.46 bits per heavy atom. The van der Waals surface area contributed by atoms with Crippen molar-refractivity contribution in [3.8, 4) is 0 Å². The van der Waals surface area contributed by atoms with Crippen LogP contribution in [0.1, 0.15) is 55.3 Å². The third-order valence-corrected chi connectivity index (χ3v) is 7.60. The van der Waals surface area contributed by atoms with Gasteiger partial charge in [-0.15, -0.1) is 0 Å². The first-order valence-electron chi connectivity index (χ1n) is 9.28. The fraction of sp³-hybridized carbons (Fsp3) is 0.667. The van der Waals surface area contributed by atoms with Gasteiger partial charge in [0.2, 0.25) is 5.91 Å². The second-order valence-corrected chi connectivity index (χ2v) is 9.57. The van der Waals surface area contributed by atoms with Crippen LogP contribution in [0.5, 0.6) is 0 Å². The third kappa shape index (κ3) is 4.66. The normalized spacial score (nSPS) is 19.6.